The summed E-state index contributed by atoms with van der Waals surface area (Å²) >= 11 is 0. The van der Waals surface area contributed by atoms with Crippen LogP contribution in [0, 0.1) is 5.92 Å². The molecule has 1 N–H and O–H groups in total. The zero-order valence-electron chi connectivity index (χ0n) is 13.4. The van der Waals surface area contributed by atoms with E-state index in [0.717, 1.165) is 37.3 Å². The minimum atomic E-state index is 0.821. The molecule has 1 aliphatic carbocycles. The van der Waals surface area contributed by atoms with E-state index in [1.165, 1.54) is 50.8 Å². The van der Waals surface area contributed by atoms with Crippen LogP contribution in [0.1, 0.15) is 57.6 Å². The zero-order chi connectivity index (χ0) is 14.5. The van der Waals surface area contributed by atoms with Crippen molar-refractivity contribution < 1.29 is 0 Å². The number of likely N-dealkylation sites (tertiary alicyclic amines) is 1. The summed E-state index contributed by atoms with van der Waals surface area (Å²) in [5, 5.41) is 3.40. The smallest absolute Gasteiger partial charge is 0.126 e. The number of nitrogens with zero attached hydrogens (tertiary/aromatic N) is 2. The molecule has 2 aliphatic rings. The van der Waals surface area contributed by atoms with Gasteiger partial charge in [-0.15, -0.1) is 0 Å². The van der Waals surface area contributed by atoms with E-state index in [9.17, 15) is 0 Å². The fraction of sp³-hybridized carbons (Fsp3) is 0.722. The van der Waals surface area contributed by atoms with Crippen molar-refractivity contribution >= 4 is 5.82 Å². The number of pyridine rings is 1. The van der Waals surface area contributed by atoms with Crippen LogP contribution in [-0.4, -0.2) is 29.0 Å². The second-order valence-electron chi connectivity index (χ2n) is 6.67. The predicted octanol–water partition coefficient (Wildman–Crippen LogP) is 4.06. The monoisotopic (exact) mass is 287 g/mol. The Morgan fingerprint density at radius 2 is 2.05 bits per heavy atom. The van der Waals surface area contributed by atoms with Crippen LogP contribution < -0.4 is 5.32 Å². The van der Waals surface area contributed by atoms with Gasteiger partial charge < -0.3 is 5.32 Å². The Labute approximate surface area is 129 Å². The fourth-order valence-corrected chi connectivity index (χ4v) is 4.05. The van der Waals surface area contributed by atoms with Crippen LogP contribution in [0.2, 0.25) is 0 Å². The van der Waals surface area contributed by atoms with Crippen LogP contribution in [-0.2, 0) is 6.54 Å². The predicted molar refractivity (Wildman–Crippen MR) is 88.4 cm³/mol. The van der Waals surface area contributed by atoms with Crippen molar-refractivity contribution in [2.24, 2.45) is 5.92 Å². The average molecular weight is 287 g/mol. The SMILES string of the molecule is CCCNc1cccc(CN2CCCC2C2CCCC2)n1. The first-order valence-electron chi connectivity index (χ1n) is 8.80. The molecule has 3 nitrogen and oxygen atoms in total. The maximum absolute atomic E-state index is 4.78. The first kappa shape index (κ1) is 14.8. The second-order valence-corrected chi connectivity index (χ2v) is 6.67. The minimum absolute atomic E-state index is 0.821. The number of rotatable bonds is 6. The molecule has 1 unspecified atom stereocenters. The summed E-state index contributed by atoms with van der Waals surface area (Å²) in [6.07, 6.45) is 9.71. The number of hydrogen-bond acceptors (Lipinski definition) is 3. The maximum Gasteiger partial charge on any atom is 0.126 e. The van der Waals surface area contributed by atoms with Gasteiger partial charge in [0.2, 0.25) is 0 Å². The van der Waals surface area contributed by atoms with E-state index in [2.05, 4.69) is 35.3 Å². The molecule has 0 radical (unpaired) electrons. The third kappa shape index (κ3) is 3.76. The summed E-state index contributed by atoms with van der Waals surface area (Å²) in [5.41, 5.74) is 1.22. The van der Waals surface area contributed by atoms with Crippen LogP contribution in [0.5, 0.6) is 0 Å². The van der Waals surface area contributed by atoms with Crippen molar-refractivity contribution in [3.05, 3.63) is 23.9 Å². The van der Waals surface area contributed by atoms with E-state index in [-0.39, 0.29) is 0 Å². The lowest BCUT2D eigenvalue weighted by atomic mass is 9.96. The molecule has 2 fully saturated rings. The van der Waals surface area contributed by atoms with Gasteiger partial charge in [-0.1, -0.05) is 25.8 Å². The number of anilines is 1. The zero-order valence-corrected chi connectivity index (χ0v) is 13.4. The summed E-state index contributed by atoms with van der Waals surface area (Å²) < 4.78 is 0. The van der Waals surface area contributed by atoms with E-state index in [1.807, 2.05) is 0 Å². The van der Waals surface area contributed by atoms with Gasteiger partial charge in [-0.3, -0.25) is 4.90 Å². The molecule has 116 valence electrons. The highest BCUT2D eigenvalue weighted by molar-refractivity contribution is 5.35. The van der Waals surface area contributed by atoms with Gasteiger partial charge in [0.1, 0.15) is 5.82 Å². The average Bonchev–Trinajstić information content (AvgIpc) is 3.16. The fourth-order valence-electron chi connectivity index (χ4n) is 4.05. The van der Waals surface area contributed by atoms with Gasteiger partial charge in [0.25, 0.3) is 0 Å². The van der Waals surface area contributed by atoms with Crippen LogP contribution in [0.15, 0.2) is 18.2 Å². The standard InChI is InChI=1S/C18H29N3/c1-2-12-19-18-11-5-9-16(20-18)14-21-13-6-10-17(21)15-7-3-4-8-15/h5,9,11,15,17H,2-4,6-8,10,12-14H2,1H3,(H,19,20). The van der Waals surface area contributed by atoms with Crippen molar-refractivity contribution in [2.75, 3.05) is 18.4 Å². The summed E-state index contributed by atoms with van der Waals surface area (Å²) in [5.74, 6) is 1.99. The highest BCUT2D eigenvalue weighted by atomic mass is 15.2. The normalized spacial score (nSPS) is 23.8. The van der Waals surface area contributed by atoms with E-state index in [1.54, 1.807) is 0 Å². The molecule has 1 aromatic rings. The van der Waals surface area contributed by atoms with Gasteiger partial charge >= 0.3 is 0 Å². The molecule has 1 aromatic heterocycles. The molecule has 21 heavy (non-hydrogen) atoms. The van der Waals surface area contributed by atoms with Crippen molar-refractivity contribution in [3.8, 4) is 0 Å². The number of aromatic nitrogens is 1. The highest BCUT2D eigenvalue weighted by Crippen LogP contribution is 2.35. The Hall–Kier alpha value is -1.09. The van der Waals surface area contributed by atoms with Crippen LogP contribution in [0.3, 0.4) is 0 Å². The molecular weight excluding hydrogens is 258 g/mol. The first-order valence-corrected chi connectivity index (χ1v) is 8.80. The van der Waals surface area contributed by atoms with Crippen LogP contribution >= 0.6 is 0 Å². The molecule has 0 spiro atoms. The van der Waals surface area contributed by atoms with E-state index >= 15 is 0 Å². The highest BCUT2D eigenvalue weighted by Gasteiger charge is 2.33. The van der Waals surface area contributed by atoms with Gasteiger partial charge in [0.05, 0.1) is 5.69 Å². The summed E-state index contributed by atoms with van der Waals surface area (Å²) in [6, 6.07) is 7.22. The lowest BCUT2D eigenvalue weighted by molar-refractivity contribution is 0.181. The number of hydrogen-bond donors (Lipinski definition) is 1. The third-order valence-electron chi connectivity index (χ3n) is 5.09. The molecule has 0 amide bonds. The molecule has 2 heterocycles. The topological polar surface area (TPSA) is 28.2 Å². The van der Waals surface area contributed by atoms with Gasteiger partial charge in [-0.25, -0.2) is 4.98 Å². The lowest BCUT2D eigenvalue weighted by Gasteiger charge is -2.29. The Kier molecular flexibility index (Phi) is 5.13. The Morgan fingerprint density at radius 3 is 2.86 bits per heavy atom. The molecule has 1 aliphatic heterocycles. The van der Waals surface area contributed by atoms with E-state index < -0.39 is 0 Å². The van der Waals surface area contributed by atoms with E-state index in [4.69, 9.17) is 4.98 Å². The van der Waals surface area contributed by atoms with Crippen LogP contribution in [0.4, 0.5) is 5.82 Å². The Morgan fingerprint density at radius 1 is 1.19 bits per heavy atom. The van der Waals surface area contributed by atoms with Crippen molar-refractivity contribution in [1.29, 1.82) is 0 Å². The van der Waals surface area contributed by atoms with Crippen molar-refractivity contribution in [2.45, 2.75) is 64.5 Å². The van der Waals surface area contributed by atoms with E-state index in [0.29, 0.717) is 0 Å². The lowest BCUT2D eigenvalue weighted by Crippen LogP contribution is -2.34. The molecule has 0 bridgehead atoms. The molecule has 1 saturated carbocycles. The van der Waals surface area contributed by atoms with Crippen LogP contribution in [0.25, 0.3) is 0 Å². The second kappa shape index (κ2) is 7.26. The van der Waals surface area contributed by atoms with Gasteiger partial charge in [0, 0.05) is 19.1 Å². The molecular formula is C18H29N3. The minimum Gasteiger partial charge on any atom is -0.370 e. The largest absolute Gasteiger partial charge is 0.370 e. The Balaban J connectivity index is 1.62. The van der Waals surface area contributed by atoms with Gasteiger partial charge in [-0.2, -0.15) is 0 Å². The quantitative estimate of drug-likeness (QED) is 0.855. The third-order valence-corrected chi connectivity index (χ3v) is 5.09. The summed E-state index contributed by atoms with van der Waals surface area (Å²) in [6.45, 7) is 5.48. The van der Waals surface area contributed by atoms with Gasteiger partial charge in [0.15, 0.2) is 0 Å². The molecule has 3 heteroatoms. The Bertz CT molecular complexity index is 440. The molecule has 1 saturated heterocycles. The summed E-state index contributed by atoms with van der Waals surface area (Å²) in [4.78, 5) is 7.48. The number of nitrogens with one attached hydrogen (secondary N) is 1. The molecule has 1 atom stereocenters. The van der Waals surface area contributed by atoms with Crippen molar-refractivity contribution in [1.82, 2.24) is 9.88 Å². The molecule has 3 rings (SSSR count). The maximum atomic E-state index is 4.78. The summed E-state index contributed by atoms with van der Waals surface area (Å²) in [7, 11) is 0. The van der Waals surface area contributed by atoms with Crippen molar-refractivity contribution in [3.63, 3.8) is 0 Å². The van der Waals surface area contributed by atoms with Gasteiger partial charge in [-0.05, 0) is 56.7 Å². The first-order chi connectivity index (χ1) is 10.4. The molecule has 0 aromatic carbocycles.